The minimum Gasteiger partial charge on any atom is -0.489 e. The molecule has 0 aliphatic heterocycles. The number of allylic oxidation sites excluding steroid dienone is 1. The van der Waals surface area contributed by atoms with Gasteiger partial charge in [-0.05, 0) is 53.6 Å². The number of benzene rings is 3. The molecular formula is C23H15N3O3S. The summed E-state index contributed by atoms with van der Waals surface area (Å²) in [5.74, 6) is 0.642. The van der Waals surface area contributed by atoms with Gasteiger partial charge in [-0.3, -0.25) is 10.1 Å². The molecule has 6 nitrogen and oxygen atoms in total. The van der Waals surface area contributed by atoms with Crippen molar-refractivity contribution in [2.75, 3.05) is 0 Å². The maximum atomic E-state index is 10.7. The third-order valence-electron chi connectivity index (χ3n) is 4.37. The van der Waals surface area contributed by atoms with Gasteiger partial charge >= 0.3 is 0 Å². The van der Waals surface area contributed by atoms with Crippen LogP contribution in [-0.4, -0.2) is 9.91 Å². The van der Waals surface area contributed by atoms with E-state index in [-0.39, 0.29) is 12.3 Å². The topological polar surface area (TPSA) is 89.0 Å². The molecule has 3 aromatic carbocycles. The van der Waals surface area contributed by atoms with Crippen molar-refractivity contribution >= 4 is 38.9 Å². The largest absolute Gasteiger partial charge is 0.489 e. The van der Waals surface area contributed by atoms with Gasteiger partial charge in [0.1, 0.15) is 23.4 Å². The van der Waals surface area contributed by atoms with Gasteiger partial charge in [0.25, 0.3) is 5.69 Å². The number of nitrogens with zero attached hydrogens (tertiary/aromatic N) is 3. The molecule has 4 rings (SSSR count). The molecule has 7 heteroatoms. The number of hydrogen-bond acceptors (Lipinski definition) is 6. The molecule has 0 N–H and O–H groups in total. The molecule has 0 saturated heterocycles. The Balaban J connectivity index is 1.51. The number of non-ortho nitro benzene ring substituents is 1. The molecule has 0 aliphatic rings. The summed E-state index contributed by atoms with van der Waals surface area (Å²) in [6.45, 7) is 0.286. The van der Waals surface area contributed by atoms with Gasteiger partial charge in [-0.1, -0.05) is 24.3 Å². The van der Waals surface area contributed by atoms with E-state index in [2.05, 4.69) is 11.1 Å². The van der Waals surface area contributed by atoms with Crippen LogP contribution < -0.4 is 4.74 Å². The van der Waals surface area contributed by atoms with E-state index in [1.165, 1.54) is 23.5 Å². The first-order valence-electron chi connectivity index (χ1n) is 9.06. The van der Waals surface area contributed by atoms with Gasteiger partial charge < -0.3 is 4.74 Å². The number of nitriles is 1. The van der Waals surface area contributed by atoms with Crippen LogP contribution in [0.5, 0.6) is 5.75 Å². The molecule has 0 saturated carbocycles. The molecule has 0 atom stereocenters. The number of aromatic nitrogens is 1. The van der Waals surface area contributed by atoms with E-state index in [0.717, 1.165) is 21.3 Å². The van der Waals surface area contributed by atoms with Crippen molar-refractivity contribution in [2.24, 2.45) is 0 Å². The van der Waals surface area contributed by atoms with E-state index in [0.29, 0.717) is 16.3 Å². The lowest BCUT2D eigenvalue weighted by Crippen LogP contribution is -1.96. The summed E-state index contributed by atoms with van der Waals surface area (Å²) in [7, 11) is 0. The fourth-order valence-electron chi connectivity index (χ4n) is 2.87. The van der Waals surface area contributed by atoms with E-state index < -0.39 is 4.92 Å². The van der Waals surface area contributed by atoms with E-state index in [1.807, 2.05) is 48.5 Å². The second kappa shape index (κ2) is 8.55. The highest BCUT2D eigenvalue weighted by atomic mass is 32.1. The Morgan fingerprint density at radius 2 is 1.93 bits per heavy atom. The summed E-state index contributed by atoms with van der Waals surface area (Å²) in [6, 6.07) is 23.7. The van der Waals surface area contributed by atoms with Crippen LogP contribution >= 0.6 is 11.3 Å². The highest BCUT2D eigenvalue weighted by molar-refractivity contribution is 7.19. The van der Waals surface area contributed by atoms with Crippen LogP contribution in [0.2, 0.25) is 0 Å². The van der Waals surface area contributed by atoms with Crippen LogP contribution in [-0.2, 0) is 6.61 Å². The molecule has 0 spiro atoms. The molecule has 4 aromatic rings. The molecule has 1 heterocycles. The van der Waals surface area contributed by atoms with Gasteiger partial charge in [-0.2, -0.15) is 5.26 Å². The average Bonchev–Trinajstić information content (AvgIpc) is 3.20. The third-order valence-corrected chi connectivity index (χ3v) is 5.44. The lowest BCUT2D eigenvalue weighted by molar-refractivity contribution is -0.384. The van der Waals surface area contributed by atoms with Crippen LogP contribution in [0.3, 0.4) is 0 Å². The Hall–Kier alpha value is -4.02. The number of fused-ring (bicyclic) bond motifs is 1. The van der Waals surface area contributed by atoms with Crippen LogP contribution in [0, 0.1) is 21.4 Å². The summed E-state index contributed by atoms with van der Waals surface area (Å²) in [4.78, 5) is 14.9. The molecule has 0 aliphatic carbocycles. The van der Waals surface area contributed by atoms with Crippen molar-refractivity contribution < 1.29 is 9.66 Å². The van der Waals surface area contributed by atoms with E-state index >= 15 is 0 Å². The van der Waals surface area contributed by atoms with Crippen LogP contribution in [0.25, 0.3) is 21.9 Å². The monoisotopic (exact) mass is 413 g/mol. The molecule has 1 aromatic heterocycles. The zero-order chi connectivity index (χ0) is 20.9. The Morgan fingerprint density at radius 1 is 1.13 bits per heavy atom. The summed E-state index contributed by atoms with van der Waals surface area (Å²) < 4.78 is 6.84. The highest BCUT2D eigenvalue weighted by Crippen LogP contribution is 2.28. The van der Waals surface area contributed by atoms with Crippen molar-refractivity contribution in [1.82, 2.24) is 4.98 Å². The second-order valence-corrected chi connectivity index (χ2v) is 7.47. The lowest BCUT2D eigenvalue weighted by Gasteiger charge is -2.07. The van der Waals surface area contributed by atoms with Crippen molar-refractivity contribution in [3.05, 3.63) is 99.0 Å². The van der Waals surface area contributed by atoms with Crippen LogP contribution in [0.4, 0.5) is 5.69 Å². The van der Waals surface area contributed by atoms with Gasteiger partial charge in [0.15, 0.2) is 0 Å². The smallest absolute Gasteiger partial charge is 0.269 e. The van der Waals surface area contributed by atoms with Crippen LogP contribution in [0.15, 0.2) is 72.8 Å². The van der Waals surface area contributed by atoms with E-state index in [1.54, 1.807) is 18.2 Å². The van der Waals surface area contributed by atoms with Gasteiger partial charge in [0.05, 0.1) is 20.7 Å². The minimum atomic E-state index is -0.432. The maximum Gasteiger partial charge on any atom is 0.269 e. The number of para-hydroxylation sites is 1. The van der Waals surface area contributed by atoms with E-state index in [4.69, 9.17) is 4.74 Å². The van der Waals surface area contributed by atoms with E-state index in [9.17, 15) is 15.4 Å². The van der Waals surface area contributed by atoms with Gasteiger partial charge in [0.2, 0.25) is 0 Å². The standard InChI is InChI=1S/C23H15N3O3S/c24-14-18(23-25-21-6-1-2-7-22(21)30-23)12-17-4-3-5-20(13-17)29-15-16-8-10-19(11-9-16)26(27)28/h1-13H,15H2. The lowest BCUT2D eigenvalue weighted by atomic mass is 10.1. The minimum absolute atomic E-state index is 0.0461. The van der Waals surface area contributed by atoms with Gasteiger partial charge in [-0.25, -0.2) is 4.98 Å². The average molecular weight is 413 g/mol. The molecule has 0 unspecified atom stereocenters. The predicted molar refractivity (Wildman–Crippen MR) is 117 cm³/mol. The summed E-state index contributed by atoms with van der Waals surface area (Å²) in [6.07, 6.45) is 1.79. The normalized spacial score (nSPS) is 11.2. The molecule has 146 valence electrons. The second-order valence-electron chi connectivity index (χ2n) is 6.44. The fraction of sp³-hybridized carbons (Fsp3) is 0.0435. The molecule has 0 amide bonds. The zero-order valence-electron chi connectivity index (χ0n) is 15.7. The van der Waals surface area contributed by atoms with Gasteiger partial charge in [-0.15, -0.1) is 11.3 Å². The molecule has 0 bridgehead atoms. The number of nitro groups is 1. The third kappa shape index (κ3) is 4.35. The summed E-state index contributed by atoms with van der Waals surface area (Å²) in [5, 5.41) is 21.0. The number of thiazole rings is 1. The summed E-state index contributed by atoms with van der Waals surface area (Å²) >= 11 is 1.48. The number of rotatable bonds is 6. The number of ether oxygens (including phenoxy) is 1. The fourth-order valence-corrected chi connectivity index (χ4v) is 3.80. The first-order chi connectivity index (χ1) is 14.6. The van der Waals surface area contributed by atoms with Crippen molar-refractivity contribution in [3.8, 4) is 11.8 Å². The van der Waals surface area contributed by atoms with Crippen molar-refractivity contribution in [1.29, 1.82) is 5.26 Å². The SMILES string of the molecule is N#CC(=Cc1cccc(OCc2ccc([N+](=O)[O-])cc2)c1)c1nc2ccccc2s1. The maximum absolute atomic E-state index is 10.7. The quantitative estimate of drug-likeness (QED) is 0.225. The number of hydrogen-bond donors (Lipinski definition) is 0. The molecule has 0 fully saturated rings. The highest BCUT2D eigenvalue weighted by Gasteiger charge is 2.09. The first kappa shape index (κ1) is 19.3. The summed E-state index contributed by atoms with van der Waals surface area (Å²) in [5.41, 5.74) is 3.06. The van der Waals surface area contributed by atoms with Gasteiger partial charge in [0, 0.05) is 12.1 Å². The Labute approximate surface area is 176 Å². The molecule has 0 radical (unpaired) electrons. The first-order valence-corrected chi connectivity index (χ1v) is 9.88. The Bertz CT molecular complexity index is 1250. The van der Waals surface area contributed by atoms with Crippen molar-refractivity contribution in [3.63, 3.8) is 0 Å². The van der Waals surface area contributed by atoms with Crippen molar-refractivity contribution in [2.45, 2.75) is 6.61 Å². The Morgan fingerprint density at radius 3 is 2.67 bits per heavy atom. The molecule has 30 heavy (non-hydrogen) atoms. The van der Waals surface area contributed by atoms with Crippen LogP contribution in [0.1, 0.15) is 16.1 Å². The Kier molecular flexibility index (Phi) is 5.50. The predicted octanol–water partition coefficient (Wildman–Crippen LogP) is 5.85. The molecular weight excluding hydrogens is 398 g/mol. The zero-order valence-corrected chi connectivity index (χ0v) is 16.5. The number of nitro benzene ring substituents is 1.